The summed E-state index contributed by atoms with van der Waals surface area (Å²) in [5, 5.41) is 5.89. The van der Waals surface area contributed by atoms with Crippen LogP contribution >= 0.6 is 11.3 Å². The fraction of sp³-hybridized carbons (Fsp3) is 0.0625. The second-order valence-electron chi connectivity index (χ2n) is 4.48. The Labute approximate surface area is 132 Å². The fourth-order valence-electron chi connectivity index (χ4n) is 1.80. The average molecular weight is 308 g/mol. The maximum absolute atomic E-state index is 6.95. The third-order valence-electron chi connectivity index (χ3n) is 2.81. The van der Waals surface area contributed by atoms with Gasteiger partial charge >= 0.3 is 0 Å². The average Bonchev–Trinajstić information content (AvgIpc) is 2.95. The fourth-order valence-corrected chi connectivity index (χ4v) is 2.48. The summed E-state index contributed by atoms with van der Waals surface area (Å²) in [5.41, 5.74) is 1.54. The molecule has 0 saturated carbocycles. The number of nitrogens with zero attached hydrogens (tertiary/aromatic N) is 3. The van der Waals surface area contributed by atoms with E-state index in [0.29, 0.717) is 23.0 Å². The van der Waals surface area contributed by atoms with Gasteiger partial charge < -0.3 is 10.1 Å². The minimum absolute atomic E-state index is 0.579. The minimum Gasteiger partial charge on any atom is -0.454 e. The summed E-state index contributed by atoms with van der Waals surface area (Å²) in [5.74, 6) is 1.86. The number of anilines is 2. The Balaban J connectivity index is 1.82. The van der Waals surface area contributed by atoms with Crippen LogP contribution in [0.25, 0.3) is 4.85 Å². The van der Waals surface area contributed by atoms with Crippen molar-refractivity contribution in [2.24, 2.45) is 0 Å². The van der Waals surface area contributed by atoms with Crippen molar-refractivity contribution >= 4 is 28.0 Å². The molecule has 5 nitrogen and oxygen atoms in total. The van der Waals surface area contributed by atoms with Gasteiger partial charge in [0.05, 0.1) is 12.3 Å². The predicted octanol–water partition coefficient (Wildman–Crippen LogP) is 4.93. The van der Waals surface area contributed by atoms with E-state index in [4.69, 9.17) is 11.3 Å². The molecule has 0 radical (unpaired) electrons. The maximum Gasteiger partial charge on any atom is 0.188 e. The van der Waals surface area contributed by atoms with Crippen molar-refractivity contribution in [2.75, 3.05) is 5.32 Å². The van der Waals surface area contributed by atoms with Gasteiger partial charge in [0.2, 0.25) is 0 Å². The monoisotopic (exact) mass is 308 g/mol. The summed E-state index contributed by atoms with van der Waals surface area (Å²) in [6.07, 6.45) is 1.69. The summed E-state index contributed by atoms with van der Waals surface area (Å²) in [6.45, 7) is 8.90. The Morgan fingerprint density at radius 1 is 1.23 bits per heavy atom. The van der Waals surface area contributed by atoms with Crippen LogP contribution in [0.2, 0.25) is 0 Å². The number of nitrogens with one attached hydrogen (secondary N) is 1. The number of hydrogen-bond donors (Lipinski definition) is 1. The van der Waals surface area contributed by atoms with Gasteiger partial charge in [0.25, 0.3) is 0 Å². The molecule has 0 saturated heterocycles. The first-order valence-corrected chi connectivity index (χ1v) is 7.42. The van der Waals surface area contributed by atoms with E-state index in [1.807, 2.05) is 18.4 Å². The number of pyridine rings is 1. The first kappa shape index (κ1) is 14.0. The Bertz CT molecular complexity index is 821. The van der Waals surface area contributed by atoms with Crippen LogP contribution < -0.4 is 10.1 Å². The number of aromatic nitrogens is 2. The SMILES string of the molecule is [C-]#[N+]c1ccc(Oc2cccnc2Nc2nc(C)cs2)cc1. The van der Waals surface area contributed by atoms with Crippen LogP contribution in [-0.4, -0.2) is 9.97 Å². The molecule has 22 heavy (non-hydrogen) atoms. The van der Waals surface area contributed by atoms with Crippen LogP contribution in [0.5, 0.6) is 11.5 Å². The highest BCUT2D eigenvalue weighted by atomic mass is 32.1. The zero-order valence-corrected chi connectivity index (χ0v) is 12.6. The minimum atomic E-state index is 0.579. The van der Waals surface area contributed by atoms with Gasteiger partial charge in [-0.25, -0.2) is 14.8 Å². The molecule has 0 spiro atoms. The molecule has 0 aliphatic heterocycles. The molecule has 2 heterocycles. The zero-order valence-electron chi connectivity index (χ0n) is 11.8. The first-order chi connectivity index (χ1) is 10.7. The number of benzene rings is 1. The molecule has 0 amide bonds. The molecule has 0 atom stereocenters. The molecule has 0 aliphatic rings. The van der Waals surface area contributed by atoms with Crippen LogP contribution in [-0.2, 0) is 0 Å². The molecule has 0 fully saturated rings. The van der Waals surface area contributed by atoms with Crippen LogP contribution in [0.1, 0.15) is 5.69 Å². The van der Waals surface area contributed by atoms with Gasteiger partial charge in [-0.05, 0) is 31.2 Å². The van der Waals surface area contributed by atoms with Crippen LogP contribution in [0.3, 0.4) is 0 Å². The molecule has 2 aromatic heterocycles. The van der Waals surface area contributed by atoms with E-state index in [9.17, 15) is 0 Å². The van der Waals surface area contributed by atoms with E-state index in [-0.39, 0.29) is 0 Å². The lowest BCUT2D eigenvalue weighted by molar-refractivity contribution is 0.483. The number of ether oxygens (including phenoxy) is 1. The number of thiazole rings is 1. The van der Waals surface area contributed by atoms with Gasteiger partial charge in [0, 0.05) is 11.6 Å². The third kappa shape index (κ3) is 3.22. The highest BCUT2D eigenvalue weighted by Crippen LogP contribution is 2.31. The van der Waals surface area contributed by atoms with Crippen molar-refractivity contribution in [3.63, 3.8) is 0 Å². The summed E-state index contributed by atoms with van der Waals surface area (Å²) in [4.78, 5) is 12.0. The molecular weight excluding hydrogens is 296 g/mol. The number of hydrogen-bond acceptors (Lipinski definition) is 5. The van der Waals surface area contributed by atoms with Crippen molar-refractivity contribution in [3.05, 3.63) is 65.1 Å². The Kier molecular flexibility index (Phi) is 3.99. The van der Waals surface area contributed by atoms with Crippen LogP contribution in [0.15, 0.2) is 48.0 Å². The van der Waals surface area contributed by atoms with E-state index in [2.05, 4.69) is 20.1 Å². The van der Waals surface area contributed by atoms with Crippen molar-refractivity contribution in [1.82, 2.24) is 9.97 Å². The molecule has 6 heteroatoms. The molecule has 3 rings (SSSR count). The van der Waals surface area contributed by atoms with E-state index >= 15 is 0 Å². The van der Waals surface area contributed by atoms with Gasteiger partial charge in [-0.3, -0.25) is 0 Å². The third-order valence-corrected chi connectivity index (χ3v) is 3.68. The van der Waals surface area contributed by atoms with Crippen molar-refractivity contribution in [3.8, 4) is 11.5 Å². The highest BCUT2D eigenvalue weighted by Gasteiger charge is 2.08. The summed E-state index contributed by atoms with van der Waals surface area (Å²) in [7, 11) is 0. The van der Waals surface area contributed by atoms with Gasteiger partial charge in [-0.1, -0.05) is 12.1 Å². The van der Waals surface area contributed by atoms with E-state index in [1.54, 1.807) is 36.5 Å². The summed E-state index contributed by atoms with van der Waals surface area (Å²) < 4.78 is 5.84. The molecule has 3 aromatic rings. The van der Waals surface area contributed by atoms with E-state index in [0.717, 1.165) is 10.8 Å². The molecular formula is C16H12N4OS. The maximum atomic E-state index is 6.95. The molecule has 0 unspecified atom stereocenters. The van der Waals surface area contributed by atoms with Gasteiger partial charge in [-0.15, -0.1) is 11.3 Å². The second kappa shape index (κ2) is 6.24. The highest BCUT2D eigenvalue weighted by molar-refractivity contribution is 7.13. The van der Waals surface area contributed by atoms with Crippen LogP contribution in [0, 0.1) is 13.5 Å². The van der Waals surface area contributed by atoms with Crippen molar-refractivity contribution in [2.45, 2.75) is 6.92 Å². The van der Waals surface area contributed by atoms with Gasteiger partial charge in [0.15, 0.2) is 22.4 Å². The van der Waals surface area contributed by atoms with Crippen molar-refractivity contribution in [1.29, 1.82) is 0 Å². The molecule has 0 bridgehead atoms. The standard InChI is InChI=1S/C16H12N4OS/c1-11-10-22-16(19-11)20-15-14(4-3-9-18-15)21-13-7-5-12(17-2)6-8-13/h3-10H,1H3,(H,18,19,20). The van der Waals surface area contributed by atoms with E-state index < -0.39 is 0 Å². The molecule has 0 aliphatic carbocycles. The number of aryl methyl sites for hydroxylation is 1. The van der Waals surface area contributed by atoms with Gasteiger partial charge in [0.1, 0.15) is 5.75 Å². The topological polar surface area (TPSA) is 51.4 Å². The van der Waals surface area contributed by atoms with Gasteiger partial charge in [-0.2, -0.15) is 0 Å². The second-order valence-corrected chi connectivity index (χ2v) is 5.34. The Hall–Kier alpha value is -2.91. The Morgan fingerprint density at radius 3 is 2.73 bits per heavy atom. The first-order valence-electron chi connectivity index (χ1n) is 6.54. The van der Waals surface area contributed by atoms with E-state index in [1.165, 1.54) is 11.3 Å². The summed E-state index contributed by atoms with van der Waals surface area (Å²) >= 11 is 1.51. The smallest absolute Gasteiger partial charge is 0.188 e. The van der Waals surface area contributed by atoms with Crippen molar-refractivity contribution < 1.29 is 4.74 Å². The molecule has 1 N–H and O–H groups in total. The lowest BCUT2D eigenvalue weighted by Crippen LogP contribution is -1.96. The largest absolute Gasteiger partial charge is 0.454 e. The lowest BCUT2D eigenvalue weighted by atomic mass is 10.3. The molecule has 108 valence electrons. The quantitative estimate of drug-likeness (QED) is 0.694. The zero-order chi connectivity index (χ0) is 15.4. The van der Waals surface area contributed by atoms with Crippen LogP contribution in [0.4, 0.5) is 16.6 Å². The number of rotatable bonds is 4. The normalized spacial score (nSPS) is 10.0. The molecule has 1 aromatic carbocycles. The summed E-state index contributed by atoms with van der Waals surface area (Å²) in [6, 6.07) is 10.6. The predicted molar refractivity (Wildman–Crippen MR) is 87.1 cm³/mol. The Morgan fingerprint density at radius 2 is 2.05 bits per heavy atom. The lowest BCUT2D eigenvalue weighted by Gasteiger charge is -2.10.